The summed E-state index contributed by atoms with van der Waals surface area (Å²) in [6.45, 7) is 11.5. The summed E-state index contributed by atoms with van der Waals surface area (Å²) in [5.41, 5.74) is 4.93. The highest BCUT2D eigenvalue weighted by molar-refractivity contribution is 6.41. The monoisotopic (exact) mass is 414 g/mol. The van der Waals surface area contributed by atoms with Crippen LogP contribution in [0.5, 0.6) is 0 Å². The maximum atomic E-state index is 10.5. The van der Waals surface area contributed by atoms with Gasteiger partial charge in [-0.15, -0.1) is 0 Å². The lowest BCUT2D eigenvalue weighted by atomic mass is 9.76. The van der Waals surface area contributed by atoms with Gasteiger partial charge in [0, 0.05) is 16.6 Å². The van der Waals surface area contributed by atoms with Crippen LogP contribution in [0.3, 0.4) is 0 Å². The zero-order valence-electron chi connectivity index (χ0n) is 19.5. The number of fused-ring (bicyclic) bond motifs is 1. The fraction of sp³-hybridized carbons (Fsp3) is 0.333. The van der Waals surface area contributed by atoms with Crippen molar-refractivity contribution in [2.75, 3.05) is 0 Å². The number of aromatic nitrogens is 1. The first-order valence-corrected chi connectivity index (χ1v) is 10.9. The number of hydrogen-bond acceptors (Lipinski definition) is 2. The van der Waals surface area contributed by atoms with Gasteiger partial charge in [0.1, 0.15) is 0 Å². The van der Waals surface area contributed by atoms with Crippen molar-refractivity contribution in [2.24, 2.45) is 0 Å². The Hall–Kier alpha value is -2.56. The Labute approximate surface area is 187 Å². The Morgan fingerprint density at radius 3 is 2.32 bits per heavy atom. The Morgan fingerprint density at radius 1 is 1.06 bits per heavy atom. The van der Waals surface area contributed by atoms with Crippen molar-refractivity contribution in [3.8, 4) is 0 Å². The van der Waals surface area contributed by atoms with Crippen molar-refractivity contribution < 1.29 is 9.76 Å². The van der Waals surface area contributed by atoms with Crippen molar-refractivity contribution >= 4 is 30.0 Å². The third-order valence-corrected chi connectivity index (χ3v) is 6.03. The second-order valence-electron chi connectivity index (χ2n) is 8.95. The van der Waals surface area contributed by atoms with Gasteiger partial charge in [0.15, 0.2) is 0 Å². The minimum Gasteiger partial charge on any atom is -0.427 e. The Kier molecular flexibility index (Phi) is 6.93. The van der Waals surface area contributed by atoms with Crippen molar-refractivity contribution in [1.82, 2.24) is 4.98 Å². The molecule has 2 N–H and O–H groups in total. The summed E-state index contributed by atoms with van der Waals surface area (Å²) >= 11 is 0. The van der Waals surface area contributed by atoms with E-state index in [9.17, 15) is 5.11 Å². The summed E-state index contributed by atoms with van der Waals surface area (Å²) in [7, 11) is 1.82. The molecule has 0 amide bonds. The molecule has 1 aromatic heterocycles. The number of allylic oxidation sites excluding steroid dienone is 2. The van der Waals surface area contributed by atoms with Gasteiger partial charge in [-0.1, -0.05) is 67.0 Å². The summed E-state index contributed by atoms with van der Waals surface area (Å²) in [6.07, 6.45) is 4.93. The van der Waals surface area contributed by atoms with E-state index in [2.05, 4.69) is 66.5 Å². The minimum atomic E-state index is -0.974. The SMILES string of the molecule is C/C=C/c1ccc(/C(=C(\[B]OC(C)(C)C(C)(C)O)CC)c2cc3ccccc3[nH]2)cc1. The fourth-order valence-corrected chi connectivity index (χ4v) is 3.36. The first kappa shape index (κ1) is 23.1. The van der Waals surface area contributed by atoms with Crippen molar-refractivity contribution in [2.45, 2.75) is 59.2 Å². The van der Waals surface area contributed by atoms with Gasteiger partial charge in [0.05, 0.1) is 11.2 Å². The zero-order chi connectivity index (χ0) is 22.6. The van der Waals surface area contributed by atoms with Crippen molar-refractivity contribution in [3.05, 3.63) is 83.0 Å². The highest BCUT2D eigenvalue weighted by Gasteiger charge is 2.36. The number of nitrogens with one attached hydrogen (secondary N) is 1. The van der Waals surface area contributed by atoms with Crippen LogP contribution in [0.15, 0.2) is 66.1 Å². The third-order valence-electron chi connectivity index (χ3n) is 6.03. The maximum Gasteiger partial charge on any atom is 0.327 e. The summed E-state index contributed by atoms with van der Waals surface area (Å²) in [5.74, 6) is 0. The lowest BCUT2D eigenvalue weighted by Crippen LogP contribution is -2.48. The molecular formula is C27H33BNO2. The van der Waals surface area contributed by atoms with Gasteiger partial charge in [0.25, 0.3) is 0 Å². The van der Waals surface area contributed by atoms with Crippen LogP contribution < -0.4 is 0 Å². The number of rotatable bonds is 8. The Bertz CT molecular complexity index is 1050. The van der Waals surface area contributed by atoms with E-state index in [0.29, 0.717) is 0 Å². The molecule has 31 heavy (non-hydrogen) atoms. The van der Waals surface area contributed by atoms with E-state index < -0.39 is 11.2 Å². The summed E-state index contributed by atoms with van der Waals surface area (Å²) in [4.78, 5) is 3.58. The number of para-hydroxylation sites is 1. The molecule has 3 aromatic rings. The molecule has 3 nitrogen and oxygen atoms in total. The highest BCUT2D eigenvalue weighted by Crippen LogP contribution is 2.32. The minimum absolute atomic E-state index is 0.727. The normalized spacial score (nSPS) is 13.6. The van der Waals surface area contributed by atoms with Crippen LogP contribution in [0.1, 0.15) is 64.8 Å². The fourth-order valence-electron chi connectivity index (χ4n) is 3.36. The topological polar surface area (TPSA) is 45.2 Å². The second kappa shape index (κ2) is 9.29. The smallest absolute Gasteiger partial charge is 0.327 e. The van der Waals surface area contributed by atoms with E-state index in [1.54, 1.807) is 13.8 Å². The van der Waals surface area contributed by atoms with Crippen LogP contribution in [0.4, 0.5) is 0 Å². The van der Waals surface area contributed by atoms with Gasteiger partial charge in [-0.05, 0) is 69.9 Å². The Morgan fingerprint density at radius 2 is 1.74 bits per heavy atom. The molecule has 0 saturated carbocycles. The molecule has 3 rings (SSSR count). The molecule has 161 valence electrons. The molecule has 0 saturated heterocycles. The molecule has 0 spiro atoms. The summed E-state index contributed by atoms with van der Waals surface area (Å²) < 4.78 is 6.15. The van der Waals surface area contributed by atoms with Gasteiger partial charge >= 0.3 is 7.48 Å². The lowest BCUT2D eigenvalue weighted by Gasteiger charge is -2.38. The average Bonchev–Trinajstić information content (AvgIpc) is 3.15. The van der Waals surface area contributed by atoms with Crippen LogP contribution >= 0.6 is 0 Å². The largest absolute Gasteiger partial charge is 0.427 e. The number of benzene rings is 2. The van der Waals surface area contributed by atoms with E-state index in [1.165, 1.54) is 10.9 Å². The second-order valence-corrected chi connectivity index (χ2v) is 8.95. The highest BCUT2D eigenvalue weighted by atomic mass is 16.5. The van der Waals surface area contributed by atoms with E-state index in [0.717, 1.165) is 34.2 Å². The van der Waals surface area contributed by atoms with Gasteiger partial charge in [-0.3, -0.25) is 0 Å². The molecule has 0 aliphatic rings. The van der Waals surface area contributed by atoms with Crippen LogP contribution in [-0.4, -0.2) is 28.8 Å². The van der Waals surface area contributed by atoms with Gasteiger partial charge in [-0.2, -0.15) is 0 Å². The molecule has 1 radical (unpaired) electrons. The third kappa shape index (κ3) is 5.20. The van der Waals surface area contributed by atoms with E-state index in [-0.39, 0.29) is 0 Å². The van der Waals surface area contributed by atoms with Crippen molar-refractivity contribution in [3.63, 3.8) is 0 Å². The van der Waals surface area contributed by atoms with Crippen LogP contribution in [0.25, 0.3) is 22.6 Å². The number of hydrogen-bond donors (Lipinski definition) is 2. The van der Waals surface area contributed by atoms with Crippen LogP contribution in [0.2, 0.25) is 0 Å². The summed E-state index contributed by atoms with van der Waals surface area (Å²) in [6, 6.07) is 19.1. The molecule has 0 aliphatic carbocycles. The molecule has 1 heterocycles. The number of H-pyrrole nitrogens is 1. The molecule has 0 unspecified atom stereocenters. The molecule has 4 heteroatoms. The lowest BCUT2D eigenvalue weighted by molar-refractivity contribution is -0.0897. The standard InChI is InChI=1S/C27H33BNO2/c1-7-11-19-14-16-20(17-15-19)25(24-18-21-12-9-10-13-23(21)29-24)22(8-2)28-31-27(5,6)26(3,4)30/h7,9-18,29-30H,8H2,1-6H3/b11-7+,25-22+. The number of aliphatic hydroxyl groups is 1. The predicted molar refractivity (Wildman–Crippen MR) is 133 cm³/mol. The van der Waals surface area contributed by atoms with Gasteiger partial charge < -0.3 is 14.7 Å². The van der Waals surface area contributed by atoms with E-state index in [1.807, 2.05) is 40.4 Å². The van der Waals surface area contributed by atoms with E-state index in [4.69, 9.17) is 4.65 Å². The molecular weight excluding hydrogens is 381 g/mol. The molecule has 0 aliphatic heterocycles. The zero-order valence-corrected chi connectivity index (χ0v) is 19.5. The molecule has 0 bridgehead atoms. The first-order valence-electron chi connectivity index (χ1n) is 10.9. The maximum absolute atomic E-state index is 10.5. The molecule has 0 fully saturated rings. The van der Waals surface area contributed by atoms with Crippen LogP contribution in [0, 0.1) is 0 Å². The predicted octanol–water partition coefficient (Wildman–Crippen LogP) is 6.56. The Balaban J connectivity index is 2.10. The van der Waals surface area contributed by atoms with E-state index >= 15 is 0 Å². The molecule has 2 aromatic carbocycles. The molecule has 0 atom stereocenters. The quantitative estimate of drug-likeness (QED) is 0.410. The van der Waals surface area contributed by atoms with Crippen LogP contribution in [-0.2, 0) is 4.65 Å². The van der Waals surface area contributed by atoms with Gasteiger partial charge in [0.2, 0.25) is 0 Å². The first-order chi connectivity index (χ1) is 14.7. The average molecular weight is 414 g/mol. The number of aromatic amines is 1. The van der Waals surface area contributed by atoms with Gasteiger partial charge in [-0.25, -0.2) is 0 Å². The summed E-state index contributed by atoms with van der Waals surface area (Å²) in [5, 5.41) is 11.7. The van der Waals surface area contributed by atoms with Crippen molar-refractivity contribution in [1.29, 1.82) is 0 Å².